The van der Waals surface area contributed by atoms with E-state index in [4.69, 9.17) is 4.74 Å². The van der Waals surface area contributed by atoms with E-state index in [0.717, 1.165) is 29.0 Å². The molecule has 5 rings (SSSR count). The molecule has 2 aromatic carbocycles. The summed E-state index contributed by atoms with van der Waals surface area (Å²) in [5.74, 6) is -0.415. The first kappa shape index (κ1) is 34.6. The molecule has 0 aliphatic carbocycles. The van der Waals surface area contributed by atoms with Gasteiger partial charge in [0, 0.05) is 37.3 Å². The summed E-state index contributed by atoms with van der Waals surface area (Å²) in [6, 6.07) is 13.2. The van der Waals surface area contributed by atoms with E-state index < -0.39 is 53.5 Å². The van der Waals surface area contributed by atoms with Crippen LogP contribution in [0.25, 0.3) is 5.69 Å². The van der Waals surface area contributed by atoms with Crippen LogP contribution in [0.2, 0.25) is 0 Å². The van der Waals surface area contributed by atoms with Crippen LogP contribution in [0.1, 0.15) is 27.2 Å². The molecule has 1 fully saturated rings. The van der Waals surface area contributed by atoms with Crippen LogP contribution in [-0.2, 0) is 37.3 Å². The third-order valence-electron chi connectivity index (χ3n) is 7.51. The normalized spacial score (nSPS) is 14.1. The summed E-state index contributed by atoms with van der Waals surface area (Å²) in [4.78, 5) is 32.9. The Hall–Kier alpha value is -4.74. The molecular formula is C31H30F3N5O7S2. The lowest BCUT2D eigenvalue weighted by atomic mass is 10.1. The molecule has 0 unspecified atom stereocenters. The predicted octanol–water partition coefficient (Wildman–Crippen LogP) is 3.53. The van der Waals surface area contributed by atoms with Crippen LogP contribution in [-0.4, -0.2) is 64.9 Å². The first-order chi connectivity index (χ1) is 22.5. The maximum atomic E-state index is 13.8. The van der Waals surface area contributed by atoms with Gasteiger partial charge in [-0.1, -0.05) is 18.2 Å². The average molecular weight is 706 g/mol. The van der Waals surface area contributed by atoms with Crippen LogP contribution in [0.4, 0.5) is 24.7 Å². The molecule has 2 aromatic heterocycles. The van der Waals surface area contributed by atoms with Crippen LogP contribution in [0.15, 0.2) is 87.5 Å². The summed E-state index contributed by atoms with van der Waals surface area (Å²) >= 11 is 0. The number of halogens is 3. The molecule has 0 spiro atoms. The fourth-order valence-electron chi connectivity index (χ4n) is 5.02. The van der Waals surface area contributed by atoms with Gasteiger partial charge in [0.25, 0.3) is 21.5 Å². The van der Waals surface area contributed by atoms with Gasteiger partial charge in [-0.3, -0.25) is 18.9 Å². The highest BCUT2D eigenvalue weighted by molar-refractivity contribution is 7.92. The Morgan fingerprint density at radius 1 is 0.979 bits per heavy atom. The minimum Gasteiger partial charge on any atom is -0.378 e. The Labute approximate surface area is 274 Å². The zero-order valence-electron chi connectivity index (χ0n) is 25.6. The number of ether oxygens (including phenoxy) is 1. The quantitative estimate of drug-likeness (QED) is 0.266. The molecule has 0 bridgehead atoms. The average Bonchev–Trinajstić information content (AvgIpc) is 3.04. The molecule has 0 atom stereocenters. The van der Waals surface area contributed by atoms with Gasteiger partial charge in [0.1, 0.15) is 16.3 Å². The number of nitrogens with one attached hydrogen (secondary N) is 2. The number of rotatable bonds is 9. The van der Waals surface area contributed by atoms with Crippen molar-refractivity contribution in [1.29, 1.82) is 0 Å². The molecule has 1 aliphatic rings. The van der Waals surface area contributed by atoms with Gasteiger partial charge in [-0.15, -0.1) is 0 Å². The van der Waals surface area contributed by atoms with Gasteiger partial charge in [0.05, 0.1) is 35.6 Å². The highest BCUT2D eigenvalue weighted by atomic mass is 32.2. The Balaban J connectivity index is 1.53. The second-order valence-corrected chi connectivity index (χ2v) is 14.6. The summed E-state index contributed by atoms with van der Waals surface area (Å²) < 4.78 is 100. The molecule has 17 heteroatoms. The number of nitrogens with zero attached hydrogens (tertiary/aromatic N) is 3. The molecular weight excluding hydrogens is 675 g/mol. The first-order valence-electron chi connectivity index (χ1n) is 14.4. The molecule has 2 N–H and O–H groups in total. The van der Waals surface area contributed by atoms with Gasteiger partial charge >= 0.3 is 6.18 Å². The molecule has 4 aromatic rings. The number of benzene rings is 2. The Morgan fingerprint density at radius 2 is 1.67 bits per heavy atom. The second kappa shape index (κ2) is 13.4. The van der Waals surface area contributed by atoms with Gasteiger partial charge < -0.3 is 15.0 Å². The van der Waals surface area contributed by atoms with Gasteiger partial charge in [0.2, 0.25) is 0 Å². The van der Waals surface area contributed by atoms with Crippen molar-refractivity contribution >= 4 is 37.3 Å². The van der Waals surface area contributed by atoms with Crippen molar-refractivity contribution in [2.24, 2.45) is 0 Å². The van der Waals surface area contributed by atoms with E-state index in [1.165, 1.54) is 49.5 Å². The third-order valence-corrected chi connectivity index (χ3v) is 10.1. The van der Waals surface area contributed by atoms with E-state index in [1.54, 1.807) is 6.07 Å². The number of alkyl halides is 3. The van der Waals surface area contributed by atoms with E-state index in [0.29, 0.717) is 43.8 Å². The van der Waals surface area contributed by atoms with Gasteiger partial charge in [-0.05, 0) is 61.0 Å². The minimum atomic E-state index is -4.77. The fraction of sp³-hybridized carbons (Fsp3) is 0.258. The van der Waals surface area contributed by atoms with E-state index in [9.17, 15) is 39.6 Å². The summed E-state index contributed by atoms with van der Waals surface area (Å²) in [5, 5.41) is 2.49. The monoisotopic (exact) mass is 705 g/mol. The number of amides is 1. The molecule has 0 radical (unpaired) electrons. The number of carbonyl (C=O) groups is 1. The molecule has 254 valence electrons. The number of pyridine rings is 2. The summed E-state index contributed by atoms with van der Waals surface area (Å²) in [6.45, 7) is 3.29. The van der Waals surface area contributed by atoms with Crippen LogP contribution in [0, 0.1) is 6.92 Å². The van der Waals surface area contributed by atoms with Crippen molar-refractivity contribution in [3.05, 3.63) is 106 Å². The summed E-state index contributed by atoms with van der Waals surface area (Å²) in [6.07, 6.45) is -2.44. The lowest BCUT2D eigenvalue weighted by molar-refractivity contribution is -0.137. The van der Waals surface area contributed by atoms with Gasteiger partial charge in [-0.25, -0.2) is 21.8 Å². The van der Waals surface area contributed by atoms with Crippen molar-refractivity contribution in [3.63, 3.8) is 0 Å². The first-order valence-corrected chi connectivity index (χ1v) is 17.7. The number of aromatic nitrogens is 2. The van der Waals surface area contributed by atoms with E-state index in [1.807, 2.05) is 4.90 Å². The van der Waals surface area contributed by atoms with Crippen molar-refractivity contribution in [1.82, 2.24) is 14.9 Å². The number of hydrogen-bond acceptors (Lipinski definition) is 9. The minimum absolute atomic E-state index is 0.0494. The molecule has 48 heavy (non-hydrogen) atoms. The van der Waals surface area contributed by atoms with Crippen LogP contribution < -0.4 is 20.5 Å². The van der Waals surface area contributed by atoms with Crippen molar-refractivity contribution in [2.75, 3.05) is 42.2 Å². The molecule has 1 aliphatic heterocycles. The molecule has 12 nitrogen and oxygen atoms in total. The summed E-state index contributed by atoms with van der Waals surface area (Å²) in [5.41, 5.74) is -2.86. The number of sulfone groups is 1. The Bertz CT molecular complexity index is 2110. The van der Waals surface area contributed by atoms with Gasteiger partial charge in [0.15, 0.2) is 9.84 Å². The Kier molecular flexibility index (Phi) is 9.66. The number of morpholine rings is 1. The fourth-order valence-corrected chi connectivity index (χ4v) is 6.94. The SMILES string of the molecule is Cc1c(S(=O)(=O)Nc2ccc(N3CCOCC3)nc2)cc(C(=O)NCc2ccc(S(C)(=O)=O)cc2)c(=O)n1-c1cccc(C(F)(F)F)c1. The third kappa shape index (κ3) is 7.69. The standard InChI is InChI=1S/C31H30F3N5O7S2/c1-20-27(48(44,45)37-23-8-11-28(35-19-23)38-12-14-46-15-13-38)17-26(29(40)36-18-21-6-9-25(10-7-21)47(2,42)43)30(41)39(20)24-5-3-4-22(16-24)31(32,33)34/h3-11,16-17,19,37H,12-15,18H2,1-2H3,(H,36,40). The highest BCUT2D eigenvalue weighted by Crippen LogP contribution is 2.31. The van der Waals surface area contributed by atoms with Crippen LogP contribution in [0.5, 0.6) is 0 Å². The van der Waals surface area contributed by atoms with E-state index in [2.05, 4.69) is 15.0 Å². The largest absolute Gasteiger partial charge is 0.416 e. The maximum Gasteiger partial charge on any atom is 0.416 e. The topological polar surface area (TPSA) is 157 Å². The number of hydrogen-bond donors (Lipinski definition) is 2. The van der Waals surface area contributed by atoms with Crippen molar-refractivity contribution in [3.8, 4) is 5.69 Å². The molecule has 3 heterocycles. The molecule has 1 amide bonds. The van der Waals surface area contributed by atoms with E-state index in [-0.39, 0.29) is 28.5 Å². The van der Waals surface area contributed by atoms with Gasteiger partial charge in [-0.2, -0.15) is 13.2 Å². The number of carbonyl (C=O) groups excluding carboxylic acids is 1. The molecule has 0 saturated carbocycles. The summed E-state index contributed by atoms with van der Waals surface area (Å²) in [7, 11) is -8.02. The lowest BCUT2D eigenvalue weighted by Gasteiger charge is -2.27. The zero-order chi connectivity index (χ0) is 34.9. The van der Waals surface area contributed by atoms with Crippen molar-refractivity contribution < 1.29 is 39.5 Å². The zero-order valence-corrected chi connectivity index (χ0v) is 27.2. The maximum absolute atomic E-state index is 13.8. The molecule has 1 saturated heterocycles. The number of sulfonamides is 1. The number of anilines is 2. The van der Waals surface area contributed by atoms with Crippen molar-refractivity contribution in [2.45, 2.75) is 29.4 Å². The van der Waals surface area contributed by atoms with Crippen LogP contribution in [0.3, 0.4) is 0 Å². The van der Waals surface area contributed by atoms with E-state index >= 15 is 0 Å². The smallest absolute Gasteiger partial charge is 0.378 e. The highest BCUT2D eigenvalue weighted by Gasteiger charge is 2.32. The lowest BCUT2D eigenvalue weighted by Crippen LogP contribution is -2.36. The Morgan fingerprint density at radius 3 is 2.27 bits per heavy atom. The van der Waals surface area contributed by atoms with Crippen LogP contribution >= 0.6 is 0 Å². The second-order valence-electron chi connectivity index (χ2n) is 10.9. The predicted molar refractivity (Wildman–Crippen MR) is 171 cm³/mol.